The Kier molecular flexibility index (Phi) is 4.80. The first-order chi connectivity index (χ1) is 13.6. The first-order valence-electron chi connectivity index (χ1n) is 8.82. The van der Waals surface area contributed by atoms with Gasteiger partial charge in [0, 0.05) is 6.42 Å². The molecule has 0 fully saturated rings. The van der Waals surface area contributed by atoms with Gasteiger partial charge in [-0.1, -0.05) is 17.7 Å². The maximum absolute atomic E-state index is 12.7. The number of carbonyl (C=O) groups is 2. The molecule has 0 spiro atoms. The smallest absolute Gasteiger partial charge is 0.338 e. The Morgan fingerprint density at radius 1 is 1.14 bits per heavy atom. The first kappa shape index (κ1) is 17.8. The van der Waals surface area contributed by atoms with E-state index in [2.05, 4.69) is 5.10 Å². The van der Waals surface area contributed by atoms with E-state index in [0.29, 0.717) is 29.2 Å². The molecule has 0 aliphatic carbocycles. The van der Waals surface area contributed by atoms with Crippen molar-refractivity contribution in [2.75, 3.05) is 6.61 Å². The number of esters is 1. The Balaban J connectivity index is 1.49. The summed E-state index contributed by atoms with van der Waals surface area (Å²) in [6.45, 7) is 1.46. The van der Waals surface area contributed by atoms with Crippen molar-refractivity contribution in [3.8, 4) is 0 Å². The van der Waals surface area contributed by atoms with Crippen LogP contribution in [0.5, 0.6) is 0 Å². The van der Waals surface area contributed by atoms with Crippen molar-refractivity contribution in [1.29, 1.82) is 0 Å². The standard InChI is InChI=1S/C21H18N2O5/c1-14-5-2-6-15(11-14)21(25)28-13-20(24)23-17(19-8-4-10-27-19)12-16(22-23)18-7-3-9-26-18/h2-11,17H,12-13H2,1H3. The van der Waals surface area contributed by atoms with Crippen molar-refractivity contribution in [1.82, 2.24) is 5.01 Å². The summed E-state index contributed by atoms with van der Waals surface area (Å²) < 4.78 is 16.1. The van der Waals surface area contributed by atoms with E-state index in [1.165, 1.54) is 5.01 Å². The van der Waals surface area contributed by atoms with Crippen molar-refractivity contribution in [2.24, 2.45) is 5.10 Å². The molecule has 7 heteroatoms. The number of aryl methyl sites for hydroxylation is 1. The molecule has 142 valence electrons. The molecule has 0 radical (unpaired) electrons. The SMILES string of the molecule is Cc1cccc(C(=O)OCC(=O)N2N=C(c3ccco3)CC2c2ccco2)c1. The zero-order valence-electron chi connectivity index (χ0n) is 15.2. The summed E-state index contributed by atoms with van der Waals surface area (Å²) in [5.41, 5.74) is 1.97. The number of ether oxygens (including phenoxy) is 1. The fraction of sp³-hybridized carbons (Fsp3) is 0.190. The van der Waals surface area contributed by atoms with Crippen molar-refractivity contribution >= 4 is 17.6 Å². The van der Waals surface area contributed by atoms with E-state index in [1.807, 2.05) is 13.0 Å². The highest BCUT2D eigenvalue weighted by Crippen LogP contribution is 2.33. The number of hydrogen-bond acceptors (Lipinski definition) is 6. The molecule has 0 bridgehead atoms. The predicted octanol–water partition coefficient (Wildman–Crippen LogP) is 3.72. The Labute approximate surface area is 161 Å². The summed E-state index contributed by atoms with van der Waals surface area (Å²) in [5, 5.41) is 5.68. The van der Waals surface area contributed by atoms with Crippen molar-refractivity contribution in [3.05, 3.63) is 83.7 Å². The zero-order chi connectivity index (χ0) is 19.5. The van der Waals surface area contributed by atoms with Crippen molar-refractivity contribution < 1.29 is 23.2 Å². The van der Waals surface area contributed by atoms with Crippen molar-refractivity contribution in [3.63, 3.8) is 0 Å². The summed E-state index contributed by atoms with van der Waals surface area (Å²) in [4.78, 5) is 25.0. The highest BCUT2D eigenvalue weighted by Gasteiger charge is 2.36. The lowest BCUT2D eigenvalue weighted by atomic mass is 10.1. The predicted molar refractivity (Wildman–Crippen MR) is 99.6 cm³/mol. The quantitative estimate of drug-likeness (QED) is 0.632. The molecule has 1 atom stereocenters. The monoisotopic (exact) mass is 378 g/mol. The minimum Gasteiger partial charge on any atom is -0.467 e. The van der Waals surface area contributed by atoms with Gasteiger partial charge in [-0.3, -0.25) is 4.79 Å². The lowest BCUT2D eigenvalue weighted by Crippen LogP contribution is -2.31. The van der Waals surface area contributed by atoms with Crippen LogP contribution in [0, 0.1) is 6.92 Å². The van der Waals surface area contributed by atoms with Crippen LogP contribution in [0.3, 0.4) is 0 Å². The number of furan rings is 2. The number of hydrogen-bond donors (Lipinski definition) is 0. The maximum atomic E-state index is 12.7. The van der Waals surface area contributed by atoms with Crippen LogP contribution in [0.2, 0.25) is 0 Å². The Bertz CT molecular complexity index is 1010. The highest BCUT2D eigenvalue weighted by molar-refractivity contribution is 6.01. The molecule has 0 saturated carbocycles. The van der Waals surface area contributed by atoms with Gasteiger partial charge < -0.3 is 13.6 Å². The van der Waals surface area contributed by atoms with Crippen LogP contribution in [0.25, 0.3) is 0 Å². The molecule has 0 N–H and O–H groups in total. The van der Waals surface area contributed by atoms with Gasteiger partial charge in [-0.15, -0.1) is 0 Å². The second-order valence-electron chi connectivity index (χ2n) is 6.44. The molecule has 1 aromatic carbocycles. The van der Waals surface area contributed by atoms with Gasteiger partial charge in [0.15, 0.2) is 6.61 Å². The molecule has 28 heavy (non-hydrogen) atoms. The molecule has 0 saturated heterocycles. The molecule has 3 heterocycles. The number of carbonyl (C=O) groups excluding carboxylic acids is 2. The molecule has 1 amide bonds. The lowest BCUT2D eigenvalue weighted by Gasteiger charge is -2.19. The fourth-order valence-corrected chi connectivity index (χ4v) is 3.08. The average molecular weight is 378 g/mol. The van der Waals surface area contributed by atoms with Crippen LogP contribution in [0.1, 0.15) is 39.9 Å². The largest absolute Gasteiger partial charge is 0.467 e. The second kappa shape index (κ2) is 7.56. The highest BCUT2D eigenvalue weighted by atomic mass is 16.5. The van der Waals surface area contributed by atoms with Gasteiger partial charge in [-0.25, -0.2) is 9.80 Å². The lowest BCUT2D eigenvalue weighted by molar-refractivity contribution is -0.136. The van der Waals surface area contributed by atoms with Crippen LogP contribution in [-0.2, 0) is 9.53 Å². The third-order valence-electron chi connectivity index (χ3n) is 4.42. The van der Waals surface area contributed by atoms with Crippen LogP contribution in [0.15, 0.2) is 75.0 Å². The summed E-state index contributed by atoms with van der Waals surface area (Å²) in [5.74, 6) is 0.192. The van der Waals surface area contributed by atoms with E-state index in [-0.39, 0.29) is 0 Å². The van der Waals surface area contributed by atoms with Gasteiger partial charge in [0.2, 0.25) is 0 Å². The minimum atomic E-state index is -0.555. The third kappa shape index (κ3) is 3.59. The van der Waals surface area contributed by atoms with E-state index in [1.54, 1.807) is 55.0 Å². The van der Waals surface area contributed by atoms with E-state index < -0.39 is 24.5 Å². The number of hydrazone groups is 1. The first-order valence-corrected chi connectivity index (χ1v) is 8.82. The van der Waals surface area contributed by atoms with Crippen LogP contribution in [0.4, 0.5) is 0 Å². The zero-order valence-corrected chi connectivity index (χ0v) is 15.2. The molecule has 1 aliphatic heterocycles. The van der Waals surface area contributed by atoms with Gasteiger partial charge in [0.25, 0.3) is 5.91 Å². The van der Waals surface area contributed by atoms with Gasteiger partial charge in [0.1, 0.15) is 23.3 Å². The summed E-state index contributed by atoms with van der Waals surface area (Å²) in [7, 11) is 0. The Morgan fingerprint density at radius 2 is 1.96 bits per heavy atom. The van der Waals surface area contributed by atoms with Crippen molar-refractivity contribution in [2.45, 2.75) is 19.4 Å². The van der Waals surface area contributed by atoms with Crippen LogP contribution < -0.4 is 0 Å². The number of nitrogens with zero attached hydrogens (tertiary/aromatic N) is 2. The molecule has 7 nitrogen and oxygen atoms in total. The third-order valence-corrected chi connectivity index (χ3v) is 4.42. The maximum Gasteiger partial charge on any atom is 0.338 e. The van der Waals surface area contributed by atoms with Crippen LogP contribution >= 0.6 is 0 Å². The average Bonchev–Trinajstić information content (AvgIpc) is 3.46. The molecule has 2 aromatic heterocycles. The Hall–Kier alpha value is -3.61. The number of amides is 1. The van der Waals surface area contributed by atoms with Gasteiger partial charge in [-0.05, 0) is 43.3 Å². The number of rotatable bonds is 5. The summed E-state index contributed by atoms with van der Waals surface area (Å²) >= 11 is 0. The van der Waals surface area contributed by atoms with Gasteiger partial charge in [0.05, 0.1) is 18.1 Å². The molecule has 3 aromatic rings. The normalized spacial score (nSPS) is 16.1. The molecule has 4 rings (SSSR count). The van der Waals surface area contributed by atoms with E-state index in [4.69, 9.17) is 13.6 Å². The summed E-state index contributed by atoms with van der Waals surface area (Å²) in [6, 6.07) is 13.7. The van der Waals surface area contributed by atoms with E-state index in [0.717, 1.165) is 5.56 Å². The topological polar surface area (TPSA) is 85.3 Å². The summed E-state index contributed by atoms with van der Waals surface area (Å²) in [6.07, 6.45) is 3.53. The molecular formula is C21H18N2O5. The Morgan fingerprint density at radius 3 is 2.68 bits per heavy atom. The molecule has 1 unspecified atom stereocenters. The van der Waals surface area contributed by atoms with E-state index in [9.17, 15) is 9.59 Å². The van der Waals surface area contributed by atoms with Gasteiger partial charge in [-0.2, -0.15) is 5.10 Å². The van der Waals surface area contributed by atoms with Crippen LogP contribution in [-0.4, -0.2) is 29.2 Å². The molecular weight excluding hydrogens is 360 g/mol. The minimum absolute atomic E-state index is 0.400. The number of benzene rings is 1. The fourth-order valence-electron chi connectivity index (χ4n) is 3.08. The second-order valence-corrected chi connectivity index (χ2v) is 6.44. The van der Waals surface area contributed by atoms with E-state index >= 15 is 0 Å². The molecule has 1 aliphatic rings. The van der Waals surface area contributed by atoms with Gasteiger partial charge >= 0.3 is 5.97 Å².